The lowest BCUT2D eigenvalue weighted by molar-refractivity contribution is 0.190. The number of aliphatic hydroxyl groups excluding tert-OH is 1. The van der Waals surface area contributed by atoms with Gasteiger partial charge in [0.25, 0.3) is 0 Å². The molecule has 1 N–H and O–H groups in total. The van der Waals surface area contributed by atoms with Gasteiger partial charge in [0, 0.05) is 0 Å². The molecular weight excluding hydrogens is 381 g/mol. The molecule has 0 aliphatic rings. The van der Waals surface area contributed by atoms with Crippen LogP contribution in [0.3, 0.4) is 0 Å². The van der Waals surface area contributed by atoms with Crippen molar-refractivity contribution < 1.29 is 14.2 Å². The second-order valence-corrected chi connectivity index (χ2v) is 5.48. The van der Waals surface area contributed by atoms with Crippen molar-refractivity contribution in [1.82, 2.24) is 4.98 Å². The van der Waals surface area contributed by atoms with E-state index in [0.717, 1.165) is 4.47 Å². The number of aromatic nitrogens is 1. The van der Waals surface area contributed by atoms with Crippen molar-refractivity contribution in [1.29, 1.82) is 0 Å². The van der Waals surface area contributed by atoms with Gasteiger partial charge in [-0.3, -0.25) is 0 Å². The molecule has 1 aromatic heterocycles. The molecule has 3 nitrogen and oxygen atoms in total. The maximum atomic E-state index is 13.7. The van der Waals surface area contributed by atoms with Crippen molar-refractivity contribution in [2.24, 2.45) is 0 Å². The molecule has 0 radical (unpaired) electrons. The highest BCUT2D eigenvalue weighted by molar-refractivity contribution is 9.13. The minimum atomic E-state index is -0.956. The smallest absolute Gasteiger partial charge is 0.146 e. The first kappa shape index (κ1) is 14.4. The molecule has 1 atom stereocenters. The van der Waals surface area contributed by atoms with Crippen molar-refractivity contribution in [2.45, 2.75) is 13.0 Å². The van der Waals surface area contributed by atoms with Gasteiger partial charge in [-0.15, -0.1) is 0 Å². The third-order valence-electron chi connectivity index (χ3n) is 2.43. The summed E-state index contributed by atoms with van der Waals surface area (Å²) in [5, 5.41) is 9.61. The summed E-state index contributed by atoms with van der Waals surface area (Å²) in [6.07, 6.45) is 0.550. The van der Waals surface area contributed by atoms with Gasteiger partial charge in [0.05, 0.1) is 22.3 Å². The van der Waals surface area contributed by atoms with Gasteiger partial charge >= 0.3 is 0 Å². The van der Waals surface area contributed by atoms with Crippen LogP contribution in [0.25, 0.3) is 0 Å². The second kappa shape index (κ2) is 5.98. The Morgan fingerprint density at radius 3 is 2.74 bits per heavy atom. The quantitative estimate of drug-likeness (QED) is 0.779. The van der Waals surface area contributed by atoms with E-state index in [2.05, 4.69) is 36.8 Å². The molecule has 0 amide bonds. The van der Waals surface area contributed by atoms with E-state index >= 15 is 0 Å². The molecule has 100 valence electrons. The number of pyridine rings is 1. The van der Waals surface area contributed by atoms with Crippen molar-refractivity contribution in [3.8, 4) is 11.5 Å². The first-order valence-electron chi connectivity index (χ1n) is 5.44. The molecule has 0 aliphatic heterocycles. The van der Waals surface area contributed by atoms with E-state index in [9.17, 15) is 9.50 Å². The third-order valence-corrected chi connectivity index (χ3v) is 4.20. The van der Waals surface area contributed by atoms with Crippen LogP contribution in [0.5, 0.6) is 11.5 Å². The predicted molar refractivity (Wildman–Crippen MR) is 76.7 cm³/mol. The van der Waals surface area contributed by atoms with Crippen molar-refractivity contribution in [2.75, 3.05) is 0 Å². The summed E-state index contributed by atoms with van der Waals surface area (Å²) < 4.78 is 20.6. The maximum Gasteiger partial charge on any atom is 0.146 e. The highest BCUT2D eigenvalue weighted by Crippen LogP contribution is 2.33. The lowest BCUT2D eigenvalue weighted by Gasteiger charge is -2.14. The molecule has 1 unspecified atom stereocenters. The maximum absolute atomic E-state index is 13.7. The summed E-state index contributed by atoms with van der Waals surface area (Å²) in [6.45, 7) is 1.49. The molecule has 2 rings (SSSR count). The normalized spacial score (nSPS) is 12.3. The number of hydrogen-bond donors (Lipinski definition) is 1. The van der Waals surface area contributed by atoms with Gasteiger partial charge in [-0.2, -0.15) is 0 Å². The number of rotatable bonds is 3. The highest BCUT2D eigenvalue weighted by atomic mass is 79.9. The molecule has 0 saturated heterocycles. The monoisotopic (exact) mass is 389 g/mol. The van der Waals surface area contributed by atoms with E-state index in [1.807, 2.05) is 0 Å². The van der Waals surface area contributed by atoms with Crippen LogP contribution in [0, 0.1) is 5.82 Å². The van der Waals surface area contributed by atoms with Crippen LogP contribution >= 0.6 is 31.9 Å². The van der Waals surface area contributed by atoms with E-state index < -0.39 is 11.9 Å². The fraction of sp³-hybridized carbons (Fsp3) is 0.154. The second-order valence-electron chi connectivity index (χ2n) is 3.87. The van der Waals surface area contributed by atoms with Crippen molar-refractivity contribution in [3.63, 3.8) is 0 Å². The molecule has 0 spiro atoms. The van der Waals surface area contributed by atoms with Gasteiger partial charge in [-0.1, -0.05) is 6.07 Å². The average molecular weight is 391 g/mol. The summed E-state index contributed by atoms with van der Waals surface area (Å²) in [5.41, 5.74) is 0.126. The zero-order valence-corrected chi connectivity index (χ0v) is 13.1. The van der Waals surface area contributed by atoms with Gasteiger partial charge in [0.2, 0.25) is 0 Å². The molecule has 0 fully saturated rings. The van der Waals surface area contributed by atoms with Crippen molar-refractivity contribution >= 4 is 31.9 Å². The van der Waals surface area contributed by atoms with Gasteiger partial charge < -0.3 is 9.84 Å². The minimum Gasteiger partial charge on any atom is -0.455 e. The Morgan fingerprint density at radius 1 is 1.37 bits per heavy atom. The summed E-state index contributed by atoms with van der Waals surface area (Å²) in [4.78, 5) is 4.06. The topological polar surface area (TPSA) is 42.4 Å². The minimum absolute atomic E-state index is 0.126. The number of aliphatic hydroxyl groups is 1. The van der Waals surface area contributed by atoms with E-state index in [1.54, 1.807) is 12.1 Å². The number of ether oxygens (including phenoxy) is 1. The molecule has 19 heavy (non-hydrogen) atoms. The van der Waals surface area contributed by atoms with Crippen LogP contribution in [0.4, 0.5) is 4.39 Å². The summed E-state index contributed by atoms with van der Waals surface area (Å²) in [7, 11) is 0. The first-order chi connectivity index (χ1) is 8.99. The number of hydrogen-bond acceptors (Lipinski definition) is 3. The van der Waals surface area contributed by atoms with E-state index in [4.69, 9.17) is 4.74 Å². The van der Waals surface area contributed by atoms with Gasteiger partial charge in [0.1, 0.15) is 21.9 Å². The molecule has 0 bridgehead atoms. The number of halogens is 3. The van der Waals surface area contributed by atoms with Crippen LogP contribution in [0.2, 0.25) is 0 Å². The fourth-order valence-electron chi connectivity index (χ4n) is 1.60. The Hall–Kier alpha value is -0.980. The van der Waals surface area contributed by atoms with Gasteiger partial charge in [-0.25, -0.2) is 9.37 Å². The molecule has 2 aromatic rings. The SMILES string of the molecule is CC(O)c1c(F)cccc1Oc1cnc(Br)c(Br)c1. The van der Waals surface area contributed by atoms with Crippen LogP contribution in [0.15, 0.2) is 39.5 Å². The van der Waals surface area contributed by atoms with Gasteiger partial charge in [0.15, 0.2) is 0 Å². The third kappa shape index (κ3) is 3.32. The molecule has 0 aliphatic carbocycles. The first-order valence-corrected chi connectivity index (χ1v) is 7.03. The van der Waals surface area contributed by atoms with E-state index in [0.29, 0.717) is 10.4 Å². The Balaban J connectivity index is 2.38. The Bertz CT molecular complexity index is 605. The number of nitrogens with zero attached hydrogens (tertiary/aromatic N) is 1. The Kier molecular flexibility index (Phi) is 4.54. The van der Waals surface area contributed by atoms with E-state index in [-0.39, 0.29) is 11.3 Å². The van der Waals surface area contributed by atoms with Crippen LogP contribution in [-0.4, -0.2) is 10.1 Å². The fourth-order valence-corrected chi connectivity index (χ4v) is 2.14. The van der Waals surface area contributed by atoms with Crippen molar-refractivity contribution in [3.05, 3.63) is 50.9 Å². The average Bonchev–Trinajstić information content (AvgIpc) is 2.33. The summed E-state index contributed by atoms with van der Waals surface area (Å²) in [6, 6.07) is 6.11. The number of benzene rings is 1. The Morgan fingerprint density at radius 2 is 2.11 bits per heavy atom. The molecule has 0 saturated carbocycles. The highest BCUT2D eigenvalue weighted by Gasteiger charge is 2.15. The van der Waals surface area contributed by atoms with Gasteiger partial charge in [-0.05, 0) is 57.0 Å². The standard InChI is InChI=1S/C13H10Br2FNO2/c1-7(18)12-10(16)3-2-4-11(12)19-8-5-9(14)13(15)17-6-8/h2-7,18H,1H3. The molecule has 6 heteroatoms. The van der Waals surface area contributed by atoms with Crippen LogP contribution in [0.1, 0.15) is 18.6 Å². The summed E-state index contributed by atoms with van der Waals surface area (Å²) in [5.74, 6) is 0.213. The lowest BCUT2D eigenvalue weighted by atomic mass is 10.1. The molecule has 1 aromatic carbocycles. The molecule has 1 heterocycles. The zero-order chi connectivity index (χ0) is 14.0. The zero-order valence-electron chi connectivity index (χ0n) is 9.90. The largest absolute Gasteiger partial charge is 0.455 e. The summed E-state index contributed by atoms with van der Waals surface area (Å²) >= 11 is 6.56. The van der Waals surface area contributed by atoms with Crippen LogP contribution in [-0.2, 0) is 0 Å². The van der Waals surface area contributed by atoms with E-state index in [1.165, 1.54) is 25.3 Å². The lowest BCUT2D eigenvalue weighted by Crippen LogP contribution is -2.00. The molecular formula is C13H10Br2FNO2. The van der Waals surface area contributed by atoms with Crippen LogP contribution < -0.4 is 4.74 Å². The Labute approximate surface area is 126 Å². The predicted octanol–water partition coefficient (Wildman–Crippen LogP) is 4.59.